The number of benzene rings is 1. The van der Waals surface area contributed by atoms with Crippen molar-refractivity contribution in [2.45, 2.75) is 12.8 Å². The summed E-state index contributed by atoms with van der Waals surface area (Å²) in [5, 5.41) is 13.6. The molecule has 0 aliphatic carbocycles. The molecule has 0 saturated carbocycles. The summed E-state index contributed by atoms with van der Waals surface area (Å²) in [7, 11) is -1.87. The van der Waals surface area contributed by atoms with Crippen LogP contribution in [0.2, 0.25) is 0 Å². The van der Waals surface area contributed by atoms with Gasteiger partial charge in [-0.05, 0) is 12.8 Å². The van der Waals surface area contributed by atoms with E-state index in [0.717, 1.165) is 6.26 Å². The van der Waals surface area contributed by atoms with E-state index in [4.69, 9.17) is 4.74 Å². The van der Waals surface area contributed by atoms with E-state index in [9.17, 15) is 23.3 Å². The molecule has 1 saturated heterocycles. The number of carbonyl (C=O) groups is 1. The standard InChI is InChI=1S/C14H19N3O6S/c1-23-13-8-11(7-12(9-13)17(19)20)15-14(18)10-3-5-16(6-4-10)24(2,21)22/h7-10H,3-6H2,1-2H3,(H,15,18). The van der Waals surface area contributed by atoms with Crippen molar-refractivity contribution < 1.29 is 22.9 Å². The Morgan fingerprint density at radius 1 is 1.33 bits per heavy atom. The van der Waals surface area contributed by atoms with Crippen molar-refractivity contribution in [2.75, 3.05) is 31.8 Å². The molecule has 0 spiro atoms. The van der Waals surface area contributed by atoms with Gasteiger partial charge in [-0.25, -0.2) is 12.7 Å². The fourth-order valence-electron chi connectivity index (χ4n) is 2.57. The van der Waals surface area contributed by atoms with Gasteiger partial charge in [0.05, 0.1) is 30.0 Å². The molecule has 1 aromatic rings. The second-order valence-corrected chi connectivity index (χ2v) is 7.58. The van der Waals surface area contributed by atoms with Gasteiger partial charge in [-0.1, -0.05) is 0 Å². The van der Waals surface area contributed by atoms with E-state index in [1.54, 1.807) is 0 Å². The van der Waals surface area contributed by atoms with Crippen LogP contribution < -0.4 is 10.1 Å². The van der Waals surface area contributed by atoms with Gasteiger partial charge in [0.15, 0.2) is 0 Å². The number of carbonyl (C=O) groups excluding carboxylic acids is 1. The maximum atomic E-state index is 12.3. The molecule has 1 amide bonds. The van der Waals surface area contributed by atoms with E-state index in [2.05, 4.69) is 5.32 Å². The molecule has 0 aromatic heterocycles. The molecule has 1 aliphatic heterocycles. The Bertz CT molecular complexity index is 741. The molecule has 0 radical (unpaired) electrons. The highest BCUT2D eigenvalue weighted by Gasteiger charge is 2.29. The number of amides is 1. The number of methoxy groups -OCH3 is 1. The predicted octanol–water partition coefficient (Wildman–Crippen LogP) is 1.21. The number of nitrogens with zero attached hydrogens (tertiary/aromatic N) is 2. The van der Waals surface area contributed by atoms with E-state index in [0.29, 0.717) is 12.8 Å². The van der Waals surface area contributed by atoms with Crippen LogP contribution in [0.4, 0.5) is 11.4 Å². The normalized spacial score (nSPS) is 16.6. The van der Waals surface area contributed by atoms with Crippen LogP contribution in [0.5, 0.6) is 5.75 Å². The van der Waals surface area contributed by atoms with Crippen LogP contribution in [0, 0.1) is 16.0 Å². The van der Waals surface area contributed by atoms with Gasteiger partial charge >= 0.3 is 0 Å². The topological polar surface area (TPSA) is 119 Å². The second kappa shape index (κ2) is 7.14. The van der Waals surface area contributed by atoms with E-state index >= 15 is 0 Å². The van der Waals surface area contributed by atoms with Gasteiger partial charge < -0.3 is 10.1 Å². The lowest BCUT2D eigenvalue weighted by molar-refractivity contribution is -0.384. The first-order valence-corrected chi connectivity index (χ1v) is 9.15. The second-order valence-electron chi connectivity index (χ2n) is 5.60. The highest BCUT2D eigenvalue weighted by atomic mass is 32.2. The van der Waals surface area contributed by atoms with Gasteiger partial charge in [-0.2, -0.15) is 0 Å². The molecule has 132 valence electrons. The third kappa shape index (κ3) is 4.42. The lowest BCUT2D eigenvalue weighted by Crippen LogP contribution is -2.40. The fourth-order valence-corrected chi connectivity index (χ4v) is 3.45. The Morgan fingerprint density at radius 2 is 1.96 bits per heavy atom. The maximum Gasteiger partial charge on any atom is 0.275 e. The van der Waals surface area contributed by atoms with Crippen LogP contribution in [0.25, 0.3) is 0 Å². The van der Waals surface area contributed by atoms with E-state index < -0.39 is 14.9 Å². The Morgan fingerprint density at radius 3 is 2.46 bits per heavy atom. The molecule has 0 atom stereocenters. The summed E-state index contributed by atoms with van der Waals surface area (Å²) < 4.78 is 29.3. The minimum absolute atomic E-state index is 0.184. The zero-order valence-electron chi connectivity index (χ0n) is 13.4. The number of anilines is 1. The number of piperidine rings is 1. The Balaban J connectivity index is 2.05. The van der Waals surface area contributed by atoms with Crippen LogP contribution in [-0.4, -0.2) is 50.0 Å². The highest BCUT2D eigenvalue weighted by Crippen LogP contribution is 2.27. The zero-order chi connectivity index (χ0) is 17.9. The summed E-state index contributed by atoms with van der Waals surface area (Å²) in [5.74, 6) is -0.356. The number of hydrogen-bond donors (Lipinski definition) is 1. The number of hydrogen-bond acceptors (Lipinski definition) is 6. The Labute approximate surface area is 139 Å². The molecule has 0 unspecified atom stereocenters. The number of non-ortho nitro benzene ring substituents is 1. The molecule has 1 N–H and O–H groups in total. The SMILES string of the molecule is COc1cc(NC(=O)C2CCN(S(C)(=O)=O)CC2)cc([N+](=O)[O-])c1. The summed E-state index contributed by atoms with van der Waals surface area (Å²) in [6.45, 7) is 0.574. The van der Waals surface area contributed by atoms with Crippen molar-refractivity contribution in [1.82, 2.24) is 4.31 Å². The molecular weight excluding hydrogens is 338 g/mol. The molecule has 1 aliphatic rings. The number of nitro groups is 1. The van der Waals surface area contributed by atoms with E-state index in [1.807, 2.05) is 0 Å². The van der Waals surface area contributed by atoms with Crippen molar-refractivity contribution >= 4 is 27.3 Å². The quantitative estimate of drug-likeness (QED) is 0.625. The smallest absolute Gasteiger partial charge is 0.275 e. The van der Waals surface area contributed by atoms with Gasteiger partial charge in [-0.3, -0.25) is 14.9 Å². The summed E-state index contributed by atoms with van der Waals surface area (Å²) in [4.78, 5) is 22.7. The lowest BCUT2D eigenvalue weighted by Gasteiger charge is -2.29. The van der Waals surface area contributed by atoms with E-state index in [1.165, 1.54) is 29.6 Å². The third-order valence-electron chi connectivity index (χ3n) is 3.90. The lowest BCUT2D eigenvalue weighted by atomic mass is 9.97. The number of rotatable bonds is 5. The van der Waals surface area contributed by atoms with Gasteiger partial charge in [0.2, 0.25) is 15.9 Å². The molecule has 9 nitrogen and oxygen atoms in total. The molecule has 0 bridgehead atoms. The van der Waals surface area contributed by atoms with Crippen molar-refractivity contribution in [3.8, 4) is 5.75 Å². The summed E-state index contributed by atoms with van der Waals surface area (Å²) in [5.41, 5.74) is 0.0909. The Kier molecular flexibility index (Phi) is 5.40. The van der Waals surface area contributed by atoms with Crippen LogP contribution >= 0.6 is 0 Å². The van der Waals surface area contributed by atoms with Crippen LogP contribution in [0.3, 0.4) is 0 Å². The monoisotopic (exact) mass is 357 g/mol. The first-order chi connectivity index (χ1) is 11.2. The minimum Gasteiger partial charge on any atom is -0.496 e. The predicted molar refractivity (Wildman–Crippen MR) is 87.4 cm³/mol. The first kappa shape index (κ1) is 18.1. The number of nitrogens with one attached hydrogen (secondary N) is 1. The first-order valence-electron chi connectivity index (χ1n) is 7.30. The van der Waals surface area contributed by atoms with Gasteiger partial charge in [0, 0.05) is 31.1 Å². The fraction of sp³-hybridized carbons (Fsp3) is 0.500. The number of nitro benzene ring substituents is 1. The molecule has 2 rings (SSSR count). The van der Waals surface area contributed by atoms with Crippen LogP contribution in [-0.2, 0) is 14.8 Å². The summed E-state index contributed by atoms with van der Waals surface area (Å²) >= 11 is 0. The summed E-state index contributed by atoms with van der Waals surface area (Å²) in [6, 6.07) is 4.02. The van der Waals surface area contributed by atoms with Crippen LogP contribution in [0.1, 0.15) is 12.8 Å². The van der Waals surface area contributed by atoms with Crippen molar-refractivity contribution in [1.29, 1.82) is 0 Å². The van der Waals surface area contributed by atoms with Crippen molar-refractivity contribution in [3.05, 3.63) is 28.3 Å². The molecule has 1 fully saturated rings. The zero-order valence-corrected chi connectivity index (χ0v) is 14.2. The molecule has 1 heterocycles. The van der Waals surface area contributed by atoms with Gasteiger partial charge in [0.1, 0.15) is 5.75 Å². The van der Waals surface area contributed by atoms with Gasteiger partial charge in [-0.15, -0.1) is 0 Å². The van der Waals surface area contributed by atoms with Crippen molar-refractivity contribution in [2.24, 2.45) is 5.92 Å². The summed E-state index contributed by atoms with van der Waals surface area (Å²) in [6.07, 6.45) is 1.96. The number of ether oxygens (including phenoxy) is 1. The highest BCUT2D eigenvalue weighted by molar-refractivity contribution is 7.88. The van der Waals surface area contributed by atoms with E-state index in [-0.39, 0.29) is 42.0 Å². The van der Waals surface area contributed by atoms with Crippen LogP contribution in [0.15, 0.2) is 18.2 Å². The Hall–Kier alpha value is -2.20. The minimum atomic E-state index is -3.25. The average Bonchev–Trinajstić information content (AvgIpc) is 2.53. The van der Waals surface area contributed by atoms with Gasteiger partial charge in [0.25, 0.3) is 5.69 Å². The average molecular weight is 357 g/mol. The molecule has 24 heavy (non-hydrogen) atoms. The largest absolute Gasteiger partial charge is 0.496 e. The molecule has 10 heteroatoms. The molecular formula is C14H19N3O6S. The number of sulfonamides is 1. The van der Waals surface area contributed by atoms with Crippen molar-refractivity contribution in [3.63, 3.8) is 0 Å². The third-order valence-corrected chi connectivity index (χ3v) is 5.20. The molecule has 1 aromatic carbocycles. The maximum absolute atomic E-state index is 12.3.